The minimum atomic E-state index is -4.57. The SMILES string of the molecule is Cc1c[nH]c(C)c1-c1nc(N2CCOCC2)c2nc3n(c2n1)CCOC3(C)C.Cc1ccc(-c2nc(N3CCOCC3)c3nc4n(c3n2)CCOC4(C)C)cn1.Cc1ccc(-c2nc(N3CCOCC3)c3nc4n(c3n2)CCOC4(C)C)nc1.Cc1ncc(-c2nc(N3CCOCC3)c3nc4n(c3n2)CCO[C@@H]4C(F)(F)F)cn1.Cc1ncc(-c2nc(N3CCOCC3)c3nc4n(c3n2)CCO[C@H]4C(F)(F)F)cn1. The summed E-state index contributed by atoms with van der Waals surface area (Å²) in [7, 11) is 0. The van der Waals surface area contributed by atoms with E-state index in [0.29, 0.717) is 192 Å². The van der Waals surface area contributed by atoms with Crippen molar-refractivity contribution < 1.29 is 73.7 Å². The quantitative estimate of drug-likeness (QED) is 0.124. The molecule has 0 aromatic carbocycles. The summed E-state index contributed by atoms with van der Waals surface area (Å²) in [6.07, 6.45) is -1.24. The number of aryl methyl sites for hydroxylation is 6. The lowest BCUT2D eigenvalue weighted by molar-refractivity contribution is -0.233. The lowest BCUT2D eigenvalue weighted by Gasteiger charge is -2.30. The standard InChI is InChI=1S/C20H26N6O2.2C20H24N6O2.2C18H18F3N7O2/c1-12-11-21-13(2)14(12)16-23-17(25-5-8-27-9-6-25)15-18(24-16)26-7-10-28-20(3,4)19(26)22-15;1-13-4-5-14(12-21-13)16-23-17(25-6-9-27-10-7-25)15-18(24-16)26-8-11-28-20(2,3)19(26)22-15;1-13-4-5-14(21-12-13)16-23-17(25-6-9-27-10-7-25)15-18(24-16)26-8-11-28-20(2,3)19(26)22-15;2*1-10-22-8-11(9-23-10)14-25-15(27-2-5-29-6-3-27)12-16(26-14)28-4-7-30-13(17(28)24-12)18(19,20)21/h11,21H,5-10H2,1-4H3;2*4-5,12H,6-11H2,1-3H3;2*8-9,13H,2-7H2,1H3/t;;;2*13-/m...10/s1. The van der Waals surface area contributed by atoms with Gasteiger partial charge in [0.1, 0.15) is 63.3 Å². The van der Waals surface area contributed by atoms with Gasteiger partial charge in [-0.1, -0.05) is 6.07 Å². The number of hydrogen-bond donors (Lipinski definition) is 1. The van der Waals surface area contributed by atoms with Gasteiger partial charge >= 0.3 is 12.4 Å². The second-order valence-corrected chi connectivity index (χ2v) is 37.8. The van der Waals surface area contributed by atoms with E-state index in [9.17, 15) is 26.3 Å². The molecule has 25 rings (SSSR count). The molecule has 0 bridgehead atoms. The Hall–Kier alpha value is -13.3. The monoisotopic (exact) mass is 1980 g/mol. The number of aromatic nitrogens is 27. The Balaban J connectivity index is 0.000000106. The Morgan fingerprint density at radius 2 is 0.632 bits per heavy atom. The minimum absolute atomic E-state index is 0.0808. The summed E-state index contributed by atoms with van der Waals surface area (Å²) in [6.45, 7) is 41.6. The molecule has 42 nitrogen and oxygen atoms in total. The van der Waals surface area contributed by atoms with Crippen LogP contribution in [0.3, 0.4) is 0 Å². The van der Waals surface area contributed by atoms with Gasteiger partial charge in [0.2, 0.25) is 12.2 Å². The summed E-state index contributed by atoms with van der Waals surface area (Å²) < 4.78 is 146. The number of aromatic amines is 1. The Labute approximate surface area is 821 Å². The molecule has 25 heterocycles. The predicted molar refractivity (Wildman–Crippen MR) is 515 cm³/mol. The van der Waals surface area contributed by atoms with Gasteiger partial charge in [0, 0.05) is 164 Å². The van der Waals surface area contributed by atoms with Crippen LogP contribution in [0.4, 0.5) is 55.4 Å². The molecule has 2 atom stereocenters. The Morgan fingerprint density at radius 1 is 0.312 bits per heavy atom. The molecule has 1 N–H and O–H groups in total. The summed E-state index contributed by atoms with van der Waals surface area (Å²) in [5, 5.41) is 0. The molecule has 5 fully saturated rings. The fourth-order valence-electron chi connectivity index (χ4n) is 19.2. The molecule has 0 spiro atoms. The number of nitrogens with one attached hydrogen (secondary N) is 1. The largest absolute Gasteiger partial charge is 0.421 e. The minimum Gasteiger partial charge on any atom is -0.378 e. The first-order valence-electron chi connectivity index (χ1n) is 48.3. The number of anilines is 5. The number of nitrogens with zero attached hydrogens (tertiary/aromatic N) is 31. The molecule has 0 amide bonds. The van der Waals surface area contributed by atoms with E-state index in [1.807, 2.05) is 80.4 Å². The molecule has 48 heteroatoms. The predicted octanol–water partition coefficient (Wildman–Crippen LogP) is 11.3. The highest BCUT2D eigenvalue weighted by atomic mass is 19.4. The highest BCUT2D eigenvalue weighted by molar-refractivity contribution is 5.91. The average Bonchev–Trinajstić information content (AvgIpc) is 1.59. The molecule has 756 valence electrons. The van der Waals surface area contributed by atoms with Crippen molar-refractivity contribution in [3.8, 4) is 57.1 Å². The van der Waals surface area contributed by atoms with Gasteiger partial charge in [-0.2, -0.15) is 26.3 Å². The number of pyridine rings is 2. The van der Waals surface area contributed by atoms with Gasteiger partial charge < -0.3 is 99.7 Å². The number of halogens is 6. The normalized spacial score (nSPS) is 19.4. The third-order valence-corrected chi connectivity index (χ3v) is 26.6. The van der Waals surface area contributed by atoms with E-state index in [1.165, 1.54) is 9.13 Å². The molecule has 5 saturated heterocycles. The van der Waals surface area contributed by atoms with Crippen LogP contribution in [0.5, 0.6) is 0 Å². The average molecular weight is 1990 g/mol. The number of fused-ring (bicyclic) bond motifs is 15. The number of rotatable bonds is 10. The molecular formula is C96H110F6N32O10. The van der Waals surface area contributed by atoms with Crippen LogP contribution in [0.25, 0.3) is 113 Å². The maximum atomic E-state index is 13.5. The molecule has 15 aromatic rings. The van der Waals surface area contributed by atoms with E-state index in [-0.39, 0.29) is 38.0 Å². The number of morpholine rings is 5. The Kier molecular flexibility index (Phi) is 26.4. The summed E-state index contributed by atoms with van der Waals surface area (Å²) in [5.74, 6) is 9.76. The highest BCUT2D eigenvalue weighted by Gasteiger charge is 2.50. The molecule has 0 unspecified atom stereocenters. The first-order valence-corrected chi connectivity index (χ1v) is 48.3. The van der Waals surface area contributed by atoms with Crippen LogP contribution in [0.1, 0.15) is 117 Å². The molecule has 0 radical (unpaired) electrons. The topological polar surface area (TPSA) is 420 Å². The first-order chi connectivity index (χ1) is 69.3. The molecule has 144 heavy (non-hydrogen) atoms. The van der Waals surface area contributed by atoms with Gasteiger partial charge in [-0.3, -0.25) is 9.97 Å². The van der Waals surface area contributed by atoms with Gasteiger partial charge in [0.25, 0.3) is 0 Å². The Morgan fingerprint density at radius 3 is 0.965 bits per heavy atom. The molecule has 0 saturated carbocycles. The lowest BCUT2D eigenvalue weighted by atomic mass is 10.1. The molecule has 0 aliphatic carbocycles. The van der Waals surface area contributed by atoms with Crippen LogP contribution >= 0.6 is 0 Å². The fourth-order valence-corrected chi connectivity index (χ4v) is 19.2. The fraction of sp³-hybridized carbons (Fsp3) is 0.510. The second-order valence-electron chi connectivity index (χ2n) is 37.8. The zero-order valence-corrected chi connectivity index (χ0v) is 81.9. The summed E-state index contributed by atoms with van der Waals surface area (Å²) in [6, 6.07) is 8.01. The number of H-pyrrole nitrogens is 1. The molecular weight excluding hydrogens is 1880 g/mol. The number of alkyl halides is 6. The van der Waals surface area contributed by atoms with Crippen LogP contribution in [-0.2, 0) is 96.9 Å². The van der Waals surface area contributed by atoms with E-state index >= 15 is 0 Å². The van der Waals surface area contributed by atoms with Gasteiger partial charge in [0.05, 0.1) is 110 Å². The van der Waals surface area contributed by atoms with E-state index in [2.05, 4.69) is 135 Å². The number of imidazole rings is 5. The maximum absolute atomic E-state index is 13.5. The van der Waals surface area contributed by atoms with Crippen molar-refractivity contribution in [1.29, 1.82) is 0 Å². The van der Waals surface area contributed by atoms with Crippen molar-refractivity contribution in [2.24, 2.45) is 0 Å². The highest BCUT2D eigenvalue weighted by Crippen LogP contribution is 2.46. The van der Waals surface area contributed by atoms with Crippen molar-refractivity contribution in [2.45, 2.75) is 157 Å². The Bertz CT molecular complexity index is 6870. The van der Waals surface area contributed by atoms with Gasteiger partial charge in [-0.05, 0) is 112 Å². The number of ether oxygens (including phenoxy) is 10. The third-order valence-electron chi connectivity index (χ3n) is 26.6. The van der Waals surface area contributed by atoms with Crippen LogP contribution in [0.2, 0.25) is 0 Å². The summed E-state index contributed by atoms with van der Waals surface area (Å²) in [5.41, 5.74) is 13.3. The van der Waals surface area contributed by atoms with E-state index in [1.54, 1.807) is 38.6 Å². The first kappa shape index (κ1) is 96.8. The van der Waals surface area contributed by atoms with Gasteiger partial charge in [0.15, 0.2) is 114 Å². The second kappa shape index (κ2) is 39.3. The molecule has 15 aromatic heterocycles. The van der Waals surface area contributed by atoms with Crippen molar-refractivity contribution >= 4 is 84.9 Å². The van der Waals surface area contributed by atoms with E-state index in [4.69, 9.17) is 92.2 Å². The van der Waals surface area contributed by atoms with Crippen LogP contribution in [-0.4, -0.2) is 309 Å². The van der Waals surface area contributed by atoms with Crippen molar-refractivity contribution in [1.82, 2.24) is 132 Å². The van der Waals surface area contributed by atoms with Gasteiger partial charge in [-0.15, -0.1) is 0 Å². The smallest absolute Gasteiger partial charge is 0.378 e. The van der Waals surface area contributed by atoms with E-state index in [0.717, 1.165) is 172 Å². The van der Waals surface area contributed by atoms with Crippen molar-refractivity contribution in [2.75, 3.05) is 189 Å². The summed E-state index contributed by atoms with van der Waals surface area (Å²) >= 11 is 0. The zero-order chi connectivity index (χ0) is 99.8. The van der Waals surface area contributed by atoms with Crippen molar-refractivity contribution in [3.05, 3.63) is 131 Å². The molecule has 10 aliphatic rings. The maximum Gasteiger partial charge on any atom is 0.421 e. The summed E-state index contributed by atoms with van der Waals surface area (Å²) in [4.78, 5) is 111. The van der Waals surface area contributed by atoms with Crippen LogP contribution in [0, 0.1) is 41.5 Å². The molecule has 10 aliphatic heterocycles. The third kappa shape index (κ3) is 19.2. The number of hydrogen-bond acceptors (Lipinski definition) is 36. The van der Waals surface area contributed by atoms with Crippen LogP contribution < -0.4 is 24.5 Å². The van der Waals surface area contributed by atoms with E-state index < -0.39 is 41.4 Å². The van der Waals surface area contributed by atoms with Gasteiger partial charge in [-0.25, -0.2) is 94.7 Å². The zero-order valence-electron chi connectivity index (χ0n) is 81.9. The van der Waals surface area contributed by atoms with Crippen molar-refractivity contribution in [3.63, 3.8) is 0 Å². The lowest BCUT2D eigenvalue weighted by Crippen LogP contribution is -2.37. The van der Waals surface area contributed by atoms with Crippen LogP contribution in [0.15, 0.2) is 67.6 Å².